The van der Waals surface area contributed by atoms with E-state index in [9.17, 15) is 4.39 Å². The van der Waals surface area contributed by atoms with Gasteiger partial charge in [0.05, 0.1) is 0 Å². The van der Waals surface area contributed by atoms with Crippen LogP contribution in [0, 0.1) is 11.9 Å². The molecule has 3 nitrogen and oxygen atoms in total. The lowest BCUT2D eigenvalue weighted by Crippen LogP contribution is -2.35. The van der Waals surface area contributed by atoms with Crippen LogP contribution in [-0.4, -0.2) is 43.6 Å². The second-order valence-corrected chi connectivity index (χ2v) is 4.96. The van der Waals surface area contributed by atoms with Crippen LogP contribution in [0.3, 0.4) is 0 Å². The van der Waals surface area contributed by atoms with Gasteiger partial charge < -0.3 is 9.80 Å². The molecule has 1 aromatic heterocycles. The van der Waals surface area contributed by atoms with Crippen molar-refractivity contribution in [3.8, 4) is 0 Å². The second-order valence-electron chi connectivity index (χ2n) is 4.96. The quantitative estimate of drug-likeness (QED) is 0.710. The Hall–Kier alpha value is -1.16. The van der Waals surface area contributed by atoms with Crippen LogP contribution in [0.25, 0.3) is 0 Å². The number of anilines is 1. The first kappa shape index (κ1) is 13.9. The normalized spacial score (nSPS) is 11.2. The third-order valence-electron chi connectivity index (χ3n) is 2.43. The van der Waals surface area contributed by atoms with E-state index in [1.165, 1.54) is 6.07 Å². The Morgan fingerprint density at radius 3 is 2.47 bits per heavy atom. The Labute approximate surface area is 103 Å². The van der Waals surface area contributed by atoms with E-state index in [0.717, 1.165) is 25.5 Å². The molecule has 0 saturated heterocycles. The van der Waals surface area contributed by atoms with Crippen molar-refractivity contribution in [2.75, 3.05) is 38.6 Å². The molecule has 0 aromatic carbocycles. The lowest BCUT2D eigenvalue weighted by Gasteiger charge is -2.27. The topological polar surface area (TPSA) is 19.4 Å². The van der Waals surface area contributed by atoms with E-state index < -0.39 is 5.95 Å². The Morgan fingerprint density at radius 1 is 1.24 bits per heavy atom. The molecule has 0 fully saturated rings. The summed E-state index contributed by atoms with van der Waals surface area (Å²) in [4.78, 5) is 8.20. The summed E-state index contributed by atoms with van der Waals surface area (Å²) in [6.45, 7) is 7.00. The number of likely N-dealkylation sites (N-methyl/N-ethyl adjacent to an activating group) is 1. The Kier molecular flexibility index (Phi) is 5.35. The van der Waals surface area contributed by atoms with Crippen LogP contribution in [0.5, 0.6) is 0 Å². The maximum absolute atomic E-state index is 13.1. The number of rotatable bonds is 6. The van der Waals surface area contributed by atoms with Gasteiger partial charge in [-0.2, -0.15) is 4.39 Å². The number of pyridine rings is 1. The summed E-state index contributed by atoms with van der Waals surface area (Å²) in [6.07, 6.45) is 0. The fourth-order valence-electron chi connectivity index (χ4n) is 1.63. The Morgan fingerprint density at radius 2 is 1.94 bits per heavy atom. The predicted octanol–water partition coefficient (Wildman–Crippen LogP) is 2.24. The lowest BCUT2D eigenvalue weighted by atomic mass is 10.2. The molecule has 0 spiro atoms. The predicted molar refractivity (Wildman–Crippen MR) is 69.8 cm³/mol. The summed E-state index contributed by atoms with van der Waals surface area (Å²) in [5.74, 6) is 0.837. The molecule has 0 aliphatic rings. The second kappa shape index (κ2) is 6.55. The number of aromatic nitrogens is 1. The maximum Gasteiger partial charge on any atom is 0.214 e. The molecule has 0 amide bonds. The molecule has 0 unspecified atom stereocenters. The van der Waals surface area contributed by atoms with E-state index in [0.29, 0.717) is 5.92 Å². The van der Waals surface area contributed by atoms with Gasteiger partial charge in [-0.25, -0.2) is 4.98 Å². The zero-order valence-electron chi connectivity index (χ0n) is 11.2. The van der Waals surface area contributed by atoms with Gasteiger partial charge in [0, 0.05) is 19.6 Å². The van der Waals surface area contributed by atoms with Crippen molar-refractivity contribution in [3.05, 3.63) is 24.1 Å². The first-order chi connectivity index (χ1) is 7.99. The smallest absolute Gasteiger partial charge is 0.214 e. The van der Waals surface area contributed by atoms with E-state index in [1.54, 1.807) is 6.07 Å². The molecular weight excluding hydrogens is 217 g/mol. The molecule has 0 N–H and O–H groups in total. The average molecular weight is 239 g/mol. The Bertz CT molecular complexity index is 339. The lowest BCUT2D eigenvalue weighted by molar-refractivity contribution is 0.408. The summed E-state index contributed by atoms with van der Waals surface area (Å²) in [7, 11) is 4.07. The largest absolute Gasteiger partial charge is 0.355 e. The first-order valence-corrected chi connectivity index (χ1v) is 6.01. The number of hydrogen-bond donors (Lipinski definition) is 0. The molecule has 1 heterocycles. The van der Waals surface area contributed by atoms with E-state index in [1.807, 2.05) is 20.2 Å². The summed E-state index contributed by atoms with van der Waals surface area (Å²) >= 11 is 0. The van der Waals surface area contributed by atoms with Gasteiger partial charge in [0.2, 0.25) is 5.95 Å². The highest BCUT2D eigenvalue weighted by Gasteiger charge is 2.10. The van der Waals surface area contributed by atoms with E-state index in [4.69, 9.17) is 0 Å². The Balaban J connectivity index is 2.74. The highest BCUT2D eigenvalue weighted by atomic mass is 19.1. The van der Waals surface area contributed by atoms with Crippen molar-refractivity contribution in [1.29, 1.82) is 0 Å². The first-order valence-electron chi connectivity index (χ1n) is 6.01. The molecular formula is C13H22FN3. The SMILES string of the molecule is CC(C)CN(CCN(C)C)c1cccc(F)n1. The molecule has 1 aromatic rings. The van der Waals surface area contributed by atoms with Crippen LogP contribution >= 0.6 is 0 Å². The fraction of sp³-hybridized carbons (Fsp3) is 0.615. The molecule has 0 aliphatic heterocycles. The zero-order valence-corrected chi connectivity index (χ0v) is 11.2. The standard InChI is InChI=1S/C13H22FN3/c1-11(2)10-17(9-8-16(3)4)13-7-5-6-12(14)15-13/h5-7,11H,8-10H2,1-4H3. The van der Waals surface area contributed by atoms with Gasteiger partial charge in [-0.1, -0.05) is 19.9 Å². The van der Waals surface area contributed by atoms with Crippen LogP contribution in [0.4, 0.5) is 10.2 Å². The van der Waals surface area contributed by atoms with Crippen LogP contribution in [0.1, 0.15) is 13.8 Å². The highest BCUT2D eigenvalue weighted by Crippen LogP contribution is 2.12. The average Bonchev–Trinajstić information content (AvgIpc) is 2.23. The molecule has 17 heavy (non-hydrogen) atoms. The molecule has 96 valence electrons. The van der Waals surface area contributed by atoms with Gasteiger partial charge in [0.25, 0.3) is 0 Å². The molecule has 0 bridgehead atoms. The summed E-state index contributed by atoms with van der Waals surface area (Å²) in [5, 5.41) is 0. The minimum absolute atomic E-state index is 0.416. The number of halogens is 1. The van der Waals surface area contributed by atoms with Crippen molar-refractivity contribution < 1.29 is 4.39 Å². The third-order valence-corrected chi connectivity index (χ3v) is 2.43. The fourth-order valence-corrected chi connectivity index (χ4v) is 1.63. The van der Waals surface area contributed by atoms with Crippen molar-refractivity contribution in [3.63, 3.8) is 0 Å². The van der Waals surface area contributed by atoms with Gasteiger partial charge in [-0.05, 0) is 32.1 Å². The van der Waals surface area contributed by atoms with Gasteiger partial charge in [0.1, 0.15) is 5.82 Å². The molecule has 0 radical (unpaired) electrons. The van der Waals surface area contributed by atoms with Gasteiger partial charge in [-0.15, -0.1) is 0 Å². The third kappa shape index (κ3) is 5.13. The zero-order chi connectivity index (χ0) is 12.8. The number of nitrogens with zero attached hydrogens (tertiary/aromatic N) is 3. The van der Waals surface area contributed by atoms with Gasteiger partial charge >= 0.3 is 0 Å². The highest BCUT2D eigenvalue weighted by molar-refractivity contribution is 5.37. The van der Waals surface area contributed by atoms with E-state index in [-0.39, 0.29) is 0 Å². The molecule has 0 atom stereocenters. The maximum atomic E-state index is 13.1. The molecule has 0 aliphatic carbocycles. The summed E-state index contributed by atoms with van der Waals surface area (Å²) in [5.41, 5.74) is 0. The number of hydrogen-bond acceptors (Lipinski definition) is 3. The molecule has 0 saturated carbocycles. The van der Waals surface area contributed by atoms with E-state index >= 15 is 0 Å². The minimum atomic E-state index is -0.416. The van der Waals surface area contributed by atoms with Crippen molar-refractivity contribution in [2.45, 2.75) is 13.8 Å². The van der Waals surface area contributed by atoms with Crippen LogP contribution in [0.2, 0.25) is 0 Å². The van der Waals surface area contributed by atoms with Crippen molar-refractivity contribution in [2.24, 2.45) is 5.92 Å². The monoisotopic (exact) mass is 239 g/mol. The van der Waals surface area contributed by atoms with Crippen molar-refractivity contribution >= 4 is 5.82 Å². The van der Waals surface area contributed by atoms with Crippen LogP contribution in [0.15, 0.2) is 18.2 Å². The van der Waals surface area contributed by atoms with Crippen molar-refractivity contribution in [1.82, 2.24) is 9.88 Å². The van der Waals surface area contributed by atoms with Crippen LogP contribution in [-0.2, 0) is 0 Å². The van der Waals surface area contributed by atoms with E-state index in [2.05, 4.69) is 28.6 Å². The van der Waals surface area contributed by atoms with Gasteiger partial charge in [-0.3, -0.25) is 0 Å². The minimum Gasteiger partial charge on any atom is -0.355 e. The molecule has 1 rings (SSSR count). The summed E-state index contributed by atoms with van der Waals surface area (Å²) < 4.78 is 13.1. The molecule has 4 heteroatoms. The van der Waals surface area contributed by atoms with Gasteiger partial charge in [0.15, 0.2) is 0 Å². The summed E-state index contributed by atoms with van der Waals surface area (Å²) in [6, 6.07) is 4.95. The van der Waals surface area contributed by atoms with Crippen LogP contribution < -0.4 is 4.90 Å².